The van der Waals surface area contributed by atoms with Crippen LogP contribution in [0.3, 0.4) is 0 Å². The fourth-order valence-corrected chi connectivity index (χ4v) is 2.35. The Labute approximate surface area is 125 Å². The van der Waals surface area contributed by atoms with Crippen LogP contribution in [0, 0.1) is 17.2 Å². The first-order chi connectivity index (χ1) is 10.1. The van der Waals surface area contributed by atoms with Crippen molar-refractivity contribution in [2.75, 3.05) is 18.4 Å². The Morgan fingerprint density at radius 2 is 1.95 bits per heavy atom. The maximum atomic E-state index is 12.2. The topological polar surface area (TPSA) is 82.2 Å². The molecule has 0 atom stereocenters. The highest BCUT2D eigenvalue weighted by atomic mass is 16.1. The summed E-state index contributed by atoms with van der Waals surface area (Å²) < 4.78 is 0. The van der Waals surface area contributed by atoms with Gasteiger partial charge in [-0.15, -0.1) is 0 Å². The lowest BCUT2D eigenvalue weighted by Gasteiger charge is -2.32. The molecule has 1 amide bonds. The van der Waals surface area contributed by atoms with E-state index in [-0.39, 0.29) is 11.4 Å². The number of nitrogens with zero attached hydrogens (tertiary/aromatic N) is 2. The van der Waals surface area contributed by atoms with Crippen LogP contribution in [-0.4, -0.2) is 23.9 Å². The standard InChI is InChI=1S/C16H20N4O/c1-12-7-9-20(10-8-12)15(18)14(11-17)16(21)19-13-5-3-2-4-6-13/h2-6,12H,7-10,18H2,1H3,(H,19,21)/b15-14+. The fourth-order valence-electron chi connectivity index (χ4n) is 2.35. The Hall–Kier alpha value is -2.48. The number of hydrogen-bond donors (Lipinski definition) is 2. The van der Waals surface area contributed by atoms with Gasteiger partial charge in [0.15, 0.2) is 5.57 Å². The number of para-hydroxylation sites is 1. The van der Waals surface area contributed by atoms with Crippen LogP contribution >= 0.6 is 0 Å². The number of anilines is 1. The first-order valence-electron chi connectivity index (χ1n) is 7.13. The van der Waals surface area contributed by atoms with Gasteiger partial charge in [0, 0.05) is 18.8 Å². The second-order valence-electron chi connectivity index (χ2n) is 5.36. The molecule has 21 heavy (non-hydrogen) atoms. The van der Waals surface area contributed by atoms with Crippen molar-refractivity contribution >= 4 is 11.6 Å². The van der Waals surface area contributed by atoms with E-state index in [1.807, 2.05) is 29.2 Å². The van der Waals surface area contributed by atoms with Crippen molar-refractivity contribution in [3.05, 3.63) is 41.7 Å². The number of hydrogen-bond acceptors (Lipinski definition) is 4. The summed E-state index contributed by atoms with van der Waals surface area (Å²) in [5.74, 6) is 0.482. The summed E-state index contributed by atoms with van der Waals surface area (Å²) in [6.45, 7) is 3.78. The van der Waals surface area contributed by atoms with Gasteiger partial charge in [-0.25, -0.2) is 0 Å². The molecule has 0 bridgehead atoms. The van der Waals surface area contributed by atoms with Gasteiger partial charge in [0.25, 0.3) is 5.91 Å². The maximum absolute atomic E-state index is 12.2. The first kappa shape index (κ1) is 14.9. The Balaban J connectivity index is 2.12. The van der Waals surface area contributed by atoms with E-state index in [1.165, 1.54) is 0 Å². The van der Waals surface area contributed by atoms with Crippen LogP contribution < -0.4 is 11.1 Å². The third-order valence-electron chi connectivity index (χ3n) is 3.75. The van der Waals surface area contributed by atoms with Crippen LogP contribution in [0.4, 0.5) is 5.69 Å². The van der Waals surface area contributed by atoms with E-state index < -0.39 is 5.91 Å². The Bertz CT molecular complexity index is 566. The van der Waals surface area contributed by atoms with E-state index in [4.69, 9.17) is 5.73 Å². The summed E-state index contributed by atoms with van der Waals surface area (Å²) in [7, 11) is 0. The maximum Gasteiger partial charge on any atom is 0.270 e. The number of nitriles is 1. The van der Waals surface area contributed by atoms with Gasteiger partial charge in [-0.1, -0.05) is 25.1 Å². The number of amides is 1. The van der Waals surface area contributed by atoms with Gasteiger partial charge in [-0.05, 0) is 30.9 Å². The number of nitrogens with one attached hydrogen (secondary N) is 1. The van der Waals surface area contributed by atoms with E-state index >= 15 is 0 Å². The molecule has 5 nitrogen and oxygen atoms in total. The van der Waals surface area contributed by atoms with Gasteiger partial charge < -0.3 is 16.0 Å². The summed E-state index contributed by atoms with van der Waals surface area (Å²) in [6.07, 6.45) is 2.05. The van der Waals surface area contributed by atoms with Gasteiger partial charge in [0.1, 0.15) is 11.9 Å². The van der Waals surface area contributed by atoms with Crippen LogP contribution in [0.25, 0.3) is 0 Å². The van der Waals surface area contributed by atoms with Crippen LogP contribution in [0.1, 0.15) is 19.8 Å². The van der Waals surface area contributed by atoms with E-state index in [9.17, 15) is 10.1 Å². The molecule has 1 aromatic carbocycles. The SMILES string of the molecule is CC1CCN(/C(N)=C(\C#N)C(=O)Nc2ccccc2)CC1. The summed E-state index contributed by atoms with van der Waals surface area (Å²) in [5, 5.41) is 11.9. The predicted molar refractivity (Wildman–Crippen MR) is 81.9 cm³/mol. The number of carbonyl (C=O) groups excluding carboxylic acids is 1. The van der Waals surface area contributed by atoms with Gasteiger partial charge >= 0.3 is 0 Å². The summed E-state index contributed by atoms with van der Waals surface area (Å²) in [6, 6.07) is 11.0. The van der Waals surface area contributed by atoms with E-state index in [2.05, 4.69) is 12.2 Å². The van der Waals surface area contributed by atoms with E-state index in [0.717, 1.165) is 25.9 Å². The van der Waals surface area contributed by atoms with Crippen molar-refractivity contribution in [3.63, 3.8) is 0 Å². The highest BCUT2D eigenvalue weighted by Crippen LogP contribution is 2.19. The summed E-state index contributed by atoms with van der Waals surface area (Å²) in [4.78, 5) is 14.1. The first-order valence-corrected chi connectivity index (χ1v) is 7.13. The molecule has 110 valence electrons. The van der Waals surface area contributed by atoms with Crippen molar-refractivity contribution in [1.82, 2.24) is 4.90 Å². The summed E-state index contributed by atoms with van der Waals surface area (Å²) in [5.41, 5.74) is 6.65. The highest BCUT2D eigenvalue weighted by molar-refractivity contribution is 6.06. The lowest BCUT2D eigenvalue weighted by Crippen LogP contribution is -2.37. The molecule has 3 N–H and O–H groups in total. The molecule has 0 aromatic heterocycles. The predicted octanol–water partition coefficient (Wildman–Crippen LogP) is 2.05. The lowest BCUT2D eigenvalue weighted by atomic mass is 9.99. The zero-order chi connectivity index (χ0) is 15.2. The van der Waals surface area contributed by atoms with Crippen molar-refractivity contribution in [1.29, 1.82) is 5.26 Å². The smallest absolute Gasteiger partial charge is 0.270 e. The number of rotatable bonds is 3. The second-order valence-corrected chi connectivity index (χ2v) is 5.36. The normalized spacial score (nSPS) is 16.9. The van der Waals surface area contributed by atoms with Gasteiger partial charge in [-0.3, -0.25) is 4.79 Å². The molecule has 1 aromatic rings. The number of piperidine rings is 1. The van der Waals surface area contributed by atoms with Crippen molar-refractivity contribution < 1.29 is 4.79 Å². The third-order valence-corrected chi connectivity index (χ3v) is 3.75. The molecule has 5 heteroatoms. The van der Waals surface area contributed by atoms with E-state index in [1.54, 1.807) is 12.1 Å². The number of nitrogens with two attached hydrogens (primary N) is 1. The average Bonchev–Trinajstić information content (AvgIpc) is 2.49. The summed E-state index contributed by atoms with van der Waals surface area (Å²) >= 11 is 0. The van der Waals surface area contributed by atoms with Crippen molar-refractivity contribution in [2.24, 2.45) is 11.7 Å². The number of carbonyl (C=O) groups is 1. The van der Waals surface area contributed by atoms with Gasteiger partial charge in [-0.2, -0.15) is 5.26 Å². The number of benzene rings is 1. The molecular weight excluding hydrogens is 264 g/mol. The molecule has 1 heterocycles. The van der Waals surface area contributed by atoms with Crippen LogP contribution in [0.15, 0.2) is 41.7 Å². The minimum Gasteiger partial charge on any atom is -0.384 e. The quantitative estimate of drug-likeness (QED) is 0.657. The lowest BCUT2D eigenvalue weighted by molar-refractivity contribution is -0.112. The third kappa shape index (κ3) is 3.76. The van der Waals surface area contributed by atoms with Gasteiger partial charge in [0.2, 0.25) is 0 Å². The van der Waals surface area contributed by atoms with Crippen molar-refractivity contribution in [3.8, 4) is 6.07 Å². The molecule has 0 aliphatic carbocycles. The monoisotopic (exact) mass is 284 g/mol. The second kappa shape index (κ2) is 6.80. The minimum absolute atomic E-state index is 0.0200. The molecule has 1 fully saturated rings. The Kier molecular flexibility index (Phi) is 4.83. The zero-order valence-electron chi connectivity index (χ0n) is 12.2. The Morgan fingerprint density at radius 3 is 2.52 bits per heavy atom. The zero-order valence-corrected chi connectivity index (χ0v) is 12.2. The molecule has 0 unspecified atom stereocenters. The number of likely N-dealkylation sites (tertiary alicyclic amines) is 1. The van der Waals surface area contributed by atoms with Gasteiger partial charge in [0.05, 0.1) is 0 Å². The van der Waals surface area contributed by atoms with Crippen LogP contribution in [-0.2, 0) is 4.79 Å². The largest absolute Gasteiger partial charge is 0.384 e. The molecular formula is C16H20N4O. The Morgan fingerprint density at radius 1 is 1.33 bits per heavy atom. The average molecular weight is 284 g/mol. The molecule has 1 aliphatic rings. The molecule has 1 aliphatic heterocycles. The van der Waals surface area contributed by atoms with Crippen LogP contribution in [0.2, 0.25) is 0 Å². The highest BCUT2D eigenvalue weighted by Gasteiger charge is 2.22. The molecule has 2 rings (SSSR count). The van der Waals surface area contributed by atoms with Crippen LogP contribution in [0.5, 0.6) is 0 Å². The van der Waals surface area contributed by atoms with E-state index in [0.29, 0.717) is 11.6 Å². The fraction of sp³-hybridized carbons (Fsp3) is 0.375. The molecule has 0 saturated carbocycles. The molecule has 0 radical (unpaired) electrons. The minimum atomic E-state index is -0.458. The van der Waals surface area contributed by atoms with Crippen molar-refractivity contribution in [2.45, 2.75) is 19.8 Å². The molecule has 1 saturated heterocycles. The molecule has 0 spiro atoms.